The van der Waals surface area contributed by atoms with Crippen molar-refractivity contribution in [2.24, 2.45) is 4.99 Å². The molecular weight excluding hydrogens is 282 g/mol. The zero-order chi connectivity index (χ0) is 14.7. The van der Waals surface area contributed by atoms with Gasteiger partial charge in [-0.3, -0.25) is 19.7 Å². The quantitative estimate of drug-likeness (QED) is 0.507. The number of nitrogens with zero attached hydrogens (tertiary/aromatic N) is 2. The lowest BCUT2D eigenvalue weighted by Crippen LogP contribution is -2.23. The van der Waals surface area contributed by atoms with Crippen molar-refractivity contribution < 1.29 is 14.5 Å². The summed E-state index contributed by atoms with van der Waals surface area (Å²) in [5, 5.41) is 13.3. The minimum Gasteiger partial charge on any atom is -0.305 e. The molecule has 1 aromatic rings. The number of nitro benzene ring substituents is 1. The van der Waals surface area contributed by atoms with Crippen molar-refractivity contribution in [1.82, 2.24) is 5.32 Å². The molecule has 1 N–H and O–H groups in total. The van der Waals surface area contributed by atoms with Gasteiger partial charge in [0.05, 0.1) is 9.83 Å². The maximum atomic E-state index is 11.6. The highest BCUT2D eigenvalue weighted by molar-refractivity contribution is 8.18. The molecule has 0 aliphatic carbocycles. The Morgan fingerprint density at radius 1 is 1.50 bits per heavy atom. The summed E-state index contributed by atoms with van der Waals surface area (Å²) in [6, 6.07) is 5.90. The summed E-state index contributed by atoms with van der Waals surface area (Å²) >= 11 is 1.02. The van der Waals surface area contributed by atoms with Crippen molar-refractivity contribution in [3.63, 3.8) is 0 Å². The van der Waals surface area contributed by atoms with Crippen LogP contribution in [0.3, 0.4) is 0 Å². The van der Waals surface area contributed by atoms with Crippen LogP contribution < -0.4 is 5.32 Å². The first-order valence-electron chi connectivity index (χ1n) is 5.50. The SMILES string of the molecule is CC(=O)NC1=NC(=O)C(=Cc2cccc([N+](=O)[O-])c2)S1. The fourth-order valence-electron chi connectivity index (χ4n) is 1.49. The third kappa shape index (κ3) is 3.29. The molecular formula is C12H9N3O4S. The number of hydrogen-bond acceptors (Lipinski definition) is 5. The smallest absolute Gasteiger partial charge is 0.286 e. The predicted molar refractivity (Wildman–Crippen MR) is 74.9 cm³/mol. The third-order valence-corrected chi connectivity index (χ3v) is 3.18. The molecule has 8 heteroatoms. The summed E-state index contributed by atoms with van der Waals surface area (Å²) in [4.78, 5) is 36.6. The molecule has 1 aliphatic rings. The molecule has 0 spiro atoms. The number of carbonyl (C=O) groups is 2. The molecule has 0 saturated heterocycles. The van der Waals surface area contributed by atoms with E-state index in [4.69, 9.17) is 0 Å². The van der Waals surface area contributed by atoms with E-state index in [0.717, 1.165) is 11.8 Å². The highest BCUT2D eigenvalue weighted by Gasteiger charge is 2.22. The van der Waals surface area contributed by atoms with E-state index < -0.39 is 10.8 Å². The standard InChI is InChI=1S/C12H9N3O4S/c1-7(16)13-12-14-11(17)10(20-12)6-8-3-2-4-9(5-8)15(18)19/h2-6H,1H3,(H,13,14,16,17). The van der Waals surface area contributed by atoms with Gasteiger partial charge in [0.25, 0.3) is 11.6 Å². The molecule has 1 aliphatic heterocycles. The van der Waals surface area contributed by atoms with E-state index in [-0.39, 0.29) is 16.8 Å². The molecule has 0 atom stereocenters. The minimum absolute atomic E-state index is 0.0576. The van der Waals surface area contributed by atoms with Gasteiger partial charge >= 0.3 is 0 Å². The van der Waals surface area contributed by atoms with Crippen LogP contribution in [0.1, 0.15) is 12.5 Å². The van der Waals surface area contributed by atoms with E-state index >= 15 is 0 Å². The molecule has 1 aromatic carbocycles. The average molecular weight is 291 g/mol. The highest BCUT2D eigenvalue weighted by Crippen LogP contribution is 2.28. The number of aliphatic imine (C=N–C) groups is 1. The van der Waals surface area contributed by atoms with Gasteiger partial charge < -0.3 is 5.32 Å². The molecule has 20 heavy (non-hydrogen) atoms. The first kappa shape index (κ1) is 13.9. The average Bonchev–Trinajstić information content (AvgIpc) is 2.69. The summed E-state index contributed by atoms with van der Waals surface area (Å²) in [6.45, 7) is 1.32. The lowest BCUT2D eigenvalue weighted by molar-refractivity contribution is -0.384. The molecule has 0 radical (unpaired) electrons. The van der Waals surface area contributed by atoms with E-state index in [1.807, 2.05) is 0 Å². The molecule has 7 nitrogen and oxygen atoms in total. The third-order valence-electron chi connectivity index (χ3n) is 2.28. The van der Waals surface area contributed by atoms with E-state index in [9.17, 15) is 19.7 Å². The Morgan fingerprint density at radius 3 is 2.90 bits per heavy atom. The summed E-state index contributed by atoms with van der Waals surface area (Å²) in [6.07, 6.45) is 1.50. The zero-order valence-electron chi connectivity index (χ0n) is 10.3. The van der Waals surface area contributed by atoms with Crippen LogP contribution in [-0.2, 0) is 9.59 Å². The highest BCUT2D eigenvalue weighted by atomic mass is 32.2. The Morgan fingerprint density at radius 2 is 2.25 bits per heavy atom. The van der Waals surface area contributed by atoms with Crippen molar-refractivity contribution >= 4 is 40.5 Å². The van der Waals surface area contributed by atoms with Crippen molar-refractivity contribution in [3.8, 4) is 0 Å². The fourth-order valence-corrected chi connectivity index (χ4v) is 2.35. The largest absolute Gasteiger partial charge is 0.305 e. The monoisotopic (exact) mass is 291 g/mol. The number of non-ortho nitro benzene ring substituents is 1. The fraction of sp³-hybridized carbons (Fsp3) is 0.0833. The Labute approximate surface area is 117 Å². The number of thioether (sulfide) groups is 1. The van der Waals surface area contributed by atoms with Gasteiger partial charge in [-0.05, 0) is 23.4 Å². The van der Waals surface area contributed by atoms with Gasteiger partial charge in [-0.15, -0.1) is 0 Å². The van der Waals surface area contributed by atoms with Crippen molar-refractivity contribution in [1.29, 1.82) is 0 Å². The number of amidine groups is 1. The van der Waals surface area contributed by atoms with Crippen LogP contribution in [0.5, 0.6) is 0 Å². The Balaban J connectivity index is 2.21. The zero-order valence-corrected chi connectivity index (χ0v) is 11.1. The molecule has 0 bridgehead atoms. The van der Waals surface area contributed by atoms with Crippen molar-refractivity contribution in [3.05, 3.63) is 44.8 Å². The summed E-state index contributed by atoms with van der Waals surface area (Å²) in [7, 11) is 0. The second-order valence-corrected chi connectivity index (χ2v) is 4.90. The number of nitro groups is 1. The summed E-state index contributed by atoms with van der Waals surface area (Å²) in [5.74, 6) is -0.800. The molecule has 0 saturated carbocycles. The van der Waals surface area contributed by atoms with Crippen LogP contribution in [-0.4, -0.2) is 21.9 Å². The number of carbonyl (C=O) groups excluding carboxylic acids is 2. The van der Waals surface area contributed by atoms with Crippen LogP contribution in [0.4, 0.5) is 5.69 Å². The summed E-state index contributed by atoms with van der Waals surface area (Å²) in [5.41, 5.74) is 0.465. The van der Waals surface area contributed by atoms with Gasteiger partial charge in [0.1, 0.15) is 0 Å². The second kappa shape index (κ2) is 5.66. The van der Waals surface area contributed by atoms with Crippen LogP contribution in [0.25, 0.3) is 6.08 Å². The van der Waals surface area contributed by atoms with Gasteiger partial charge in [-0.25, -0.2) is 0 Å². The number of rotatable bonds is 2. The maximum absolute atomic E-state index is 11.6. The molecule has 0 aromatic heterocycles. The van der Waals surface area contributed by atoms with Crippen LogP contribution in [0.2, 0.25) is 0 Å². The van der Waals surface area contributed by atoms with Crippen LogP contribution in [0.15, 0.2) is 34.2 Å². The first-order valence-corrected chi connectivity index (χ1v) is 6.32. The van der Waals surface area contributed by atoms with Crippen molar-refractivity contribution in [2.45, 2.75) is 6.92 Å². The molecule has 2 rings (SSSR count). The van der Waals surface area contributed by atoms with Crippen LogP contribution >= 0.6 is 11.8 Å². The number of benzene rings is 1. The van der Waals surface area contributed by atoms with Gasteiger partial charge in [0.2, 0.25) is 5.91 Å². The maximum Gasteiger partial charge on any atom is 0.286 e. The molecule has 0 fully saturated rings. The molecule has 102 valence electrons. The second-order valence-electron chi connectivity index (χ2n) is 3.87. The predicted octanol–water partition coefficient (Wildman–Crippen LogP) is 1.70. The van der Waals surface area contributed by atoms with Gasteiger partial charge in [-0.2, -0.15) is 4.99 Å². The molecule has 1 heterocycles. The Bertz CT molecular complexity index is 666. The Kier molecular flexibility index (Phi) is 3.94. The summed E-state index contributed by atoms with van der Waals surface area (Å²) < 4.78 is 0. The van der Waals surface area contributed by atoms with E-state index in [1.54, 1.807) is 6.07 Å². The first-order chi connectivity index (χ1) is 9.45. The van der Waals surface area contributed by atoms with E-state index in [2.05, 4.69) is 10.3 Å². The van der Waals surface area contributed by atoms with Crippen molar-refractivity contribution in [2.75, 3.05) is 0 Å². The van der Waals surface area contributed by atoms with Gasteiger partial charge in [-0.1, -0.05) is 12.1 Å². The van der Waals surface area contributed by atoms with Gasteiger partial charge in [0.15, 0.2) is 5.17 Å². The molecule has 2 amide bonds. The number of nitrogens with one attached hydrogen (secondary N) is 1. The normalized spacial score (nSPS) is 16.1. The lowest BCUT2D eigenvalue weighted by atomic mass is 10.2. The lowest BCUT2D eigenvalue weighted by Gasteiger charge is -1.98. The minimum atomic E-state index is -0.509. The molecule has 0 unspecified atom stereocenters. The van der Waals surface area contributed by atoms with E-state index in [1.165, 1.54) is 31.2 Å². The van der Waals surface area contributed by atoms with Crippen LogP contribution in [0, 0.1) is 10.1 Å². The topological polar surface area (TPSA) is 102 Å². The van der Waals surface area contributed by atoms with E-state index in [0.29, 0.717) is 10.5 Å². The number of hydrogen-bond donors (Lipinski definition) is 1. The number of amides is 2. The Hall–Kier alpha value is -2.48. The van der Waals surface area contributed by atoms with Gasteiger partial charge in [0, 0.05) is 19.1 Å².